The lowest BCUT2D eigenvalue weighted by molar-refractivity contribution is 0.110. The highest BCUT2D eigenvalue weighted by molar-refractivity contribution is 5.32. The maximum atomic E-state index is 10.5. The van der Waals surface area contributed by atoms with Crippen molar-refractivity contribution in [2.45, 2.75) is 38.8 Å². The Labute approximate surface area is 113 Å². The van der Waals surface area contributed by atoms with Gasteiger partial charge in [0.1, 0.15) is 5.82 Å². The standard InChI is InChI=1S/C16H20N2O/c1-2-18-8-7-17-16(18)11-15(19)14-9-12-5-3-4-6-13(12)10-14/h3-8,14-15,19H,2,9-11H2,1H3. The first-order chi connectivity index (χ1) is 9.28. The fraction of sp³-hybridized carbons (Fsp3) is 0.438. The summed E-state index contributed by atoms with van der Waals surface area (Å²) in [4.78, 5) is 4.35. The molecule has 2 aromatic rings. The van der Waals surface area contributed by atoms with Gasteiger partial charge in [-0.05, 0) is 36.8 Å². The topological polar surface area (TPSA) is 38.0 Å². The van der Waals surface area contributed by atoms with E-state index < -0.39 is 0 Å². The summed E-state index contributed by atoms with van der Waals surface area (Å²) in [6.45, 7) is 3.01. The molecule has 0 saturated carbocycles. The van der Waals surface area contributed by atoms with E-state index in [0.717, 1.165) is 25.2 Å². The molecule has 1 aliphatic carbocycles. The molecule has 3 rings (SSSR count). The van der Waals surface area contributed by atoms with Crippen molar-refractivity contribution in [2.24, 2.45) is 5.92 Å². The fourth-order valence-electron chi connectivity index (χ4n) is 3.04. The van der Waals surface area contributed by atoms with Gasteiger partial charge in [-0.1, -0.05) is 24.3 Å². The molecule has 1 unspecified atom stereocenters. The number of aliphatic hydroxyl groups excluding tert-OH is 1. The summed E-state index contributed by atoms with van der Waals surface area (Å²) in [6, 6.07) is 8.51. The molecule has 1 aromatic carbocycles. The van der Waals surface area contributed by atoms with Crippen molar-refractivity contribution in [1.29, 1.82) is 0 Å². The van der Waals surface area contributed by atoms with Crippen molar-refractivity contribution in [3.8, 4) is 0 Å². The summed E-state index contributed by atoms with van der Waals surface area (Å²) in [7, 11) is 0. The molecule has 0 amide bonds. The lowest BCUT2D eigenvalue weighted by atomic mass is 9.96. The van der Waals surface area contributed by atoms with Crippen molar-refractivity contribution in [3.05, 3.63) is 53.6 Å². The van der Waals surface area contributed by atoms with Gasteiger partial charge in [0.15, 0.2) is 0 Å². The lowest BCUT2D eigenvalue weighted by Gasteiger charge is -2.17. The summed E-state index contributed by atoms with van der Waals surface area (Å²) in [6.07, 6.45) is 6.12. The first-order valence-electron chi connectivity index (χ1n) is 7.02. The highest BCUT2D eigenvalue weighted by Crippen LogP contribution is 2.29. The van der Waals surface area contributed by atoms with Crippen LogP contribution in [-0.2, 0) is 25.8 Å². The average molecular weight is 256 g/mol. The minimum Gasteiger partial charge on any atom is -0.392 e. The van der Waals surface area contributed by atoms with E-state index in [-0.39, 0.29) is 6.10 Å². The molecule has 100 valence electrons. The third-order valence-corrected chi connectivity index (χ3v) is 4.16. The van der Waals surface area contributed by atoms with Crippen LogP contribution in [0.15, 0.2) is 36.7 Å². The predicted octanol–water partition coefficient (Wildman–Crippen LogP) is 2.22. The van der Waals surface area contributed by atoms with E-state index in [0.29, 0.717) is 12.3 Å². The Balaban J connectivity index is 1.68. The van der Waals surface area contributed by atoms with Gasteiger partial charge >= 0.3 is 0 Å². The summed E-state index contributed by atoms with van der Waals surface area (Å²) in [5.41, 5.74) is 2.79. The Morgan fingerprint density at radius 3 is 2.63 bits per heavy atom. The number of hydrogen-bond acceptors (Lipinski definition) is 2. The molecule has 0 fully saturated rings. The van der Waals surface area contributed by atoms with E-state index in [2.05, 4.69) is 40.7 Å². The summed E-state index contributed by atoms with van der Waals surface area (Å²) < 4.78 is 2.10. The molecular weight excluding hydrogens is 236 g/mol. The number of rotatable bonds is 4. The molecule has 1 N–H and O–H groups in total. The summed E-state index contributed by atoms with van der Waals surface area (Å²) in [5.74, 6) is 1.32. The second kappa shape index (κ2) is 5.17. The van der Waals surface area contributed by atoms with Gasteiger partial charge in [-0.25, -0.2) is 4.98 Å². The van der Waals surface area contributed by atoms with Crippen LogP contribution in [0.4, 0.5) is 0 Å². The van der Waals surface area contributed by atoms with E-state index in [4.69, 9.17) is 0 Å². The second-order valence-electron chi connectivity index (χ2n) is 5.34. The van der Waals surface area contributed by atoms with E-state index in [1.165, 1.54) is 11.1 Å². The van der Waals surface area contributed by atoms with Gasteiger partial charge in [0.25, 0.3) is 0 Å². The third kappa shape index (κ3) is 2.43. The van der Waals surface area contributed by atoms with Crippen molar-refractivity contribution >= 4 is 0 Å². The normalized spacial score (nSPS) is 16.5. The minimum atomic E-state index is -0.305. The average Bonchev–Trinajstić information content (AvgIpc) is 3.03. The van der Waals surface area contributed by atoms with Gasteiger partial charge in [-0.2, -0.15) is 0 Å². The van der Waals surface area contributed by atoms with Crippen molar-refractivity contribution < 1.29 is 5.11 Å². The van der Waals surface area contributed by atoms with E-state index in [1.807, 2.05) is 12.4 Å². The number of aryl methyl sites for hydroxylation is 1. The Bertz CT molecular complexity index is 536. The van der Waals surface area contributed by atoms with Gasteiger partial charge in [0.05, 0.1) is 6.10 Å². The molecule has 0 spiro atoms. The Kier molecular flexibility index (Phi) is 3.38. The van der Waals surface area contributed by atoms with Gasteiger partial charge in [-0.15, -0.1) is 0 Å². The highest BCUT2D eigenvalue weighted by atomic mass is 16.3. The van der Waals surface area contributed by atoms with Gasteiger partial charge in [-0.3, -0.25) is 0 Å². The lowest BCUT2D eigenvalue weighted by Crippen LogP contribution is -2.25. The number of imidazole rings is 1. The SMILES string of the molecule is CCn1ccnc1CC(O)C1Cc2ccccc2C1. The molecule has 1 aromatic heterocycles. The van der Waals surface area contributed by atoms with Crippen LogP contribution in [0.2, 0.25) is 0 Å². The largest absolute Gasteiger partial charge is 0.392 e. The van der Waals surface area contributed by atoms with Gasteiger partial charge < -0.3 is 9.67 Å². The maximum absolute atomic E-state index is 10.5. The van der Waals surface area contributed by atoms with Crippen LogP contribution >= 0.6 is 0 Å². The number of aliphatic hydroxyl groups is 1. The van der Waals surface area contributed by atoms with Crippen LogP contribution in [0.25, 0.3) is 0 Å². The Morgan fingerprint density at radius 1 is 1.32 bits per heavy atom. The van der Waals surface area contributed by atoms with Crippen LogP contribution in [-0.4, -0.2) is 20.8 Å². The smallest absolute Gasteiger partial charge is 0.111 e. The quantitative estimate of drug-likeness (QED) is 0.911. The predicted molar refractivity (Wildman–Crippen MR) is 75.0 cm³/mol. The van der Waals surface area contributed by atoms with Crippen LogP contribution < -0.4 is 0 Å². The van der Waals surface area contributed by atoms with E-state index >= 15 is 0 Å². The number of fused-ring (bicyclic) bond motifs is 1. The molecule has 1 aliphatic rings. The highest BCUT2D eigenvalue weighted by Gasteiger charge is 2.28. The number of benzene rings is 1. The minimum absolute atomic E-state index is 0.305. The molecule has 0 saturated heterocycles. The number of hydrogen-bond donors (Lipinski definition) is 1. The van der Waals surface area contributed by atoms with Gasteiger partial charge in [0.2, 0.25) is 0 Å². The maximum Gasteiger partial charge on any atom is 0.111 e. The van der Waals surface area contributed by atoms with Crippen LogP contribution in [0.1, 0.15) is 23.9 Å². The van der Waals surface area contributed by atoms with Gasteiger partial charge in [0, 0.05) is 25.4 Å². The summed E-state index contributed by atoms with van der Waals surface area (Å²) in [5, 5.41) is 10.5. The summed E-state index contributed by atoms with van der Waals surface area (Å²) >= 11 is 0. The third-order valence-electron chi connectivity index (χ3n) is 4.16. The molecule has 1 heterocycles. The number of aromatic nitrogens is 2. The van der Waals surface area contributed by atoms with E-state index in [9.17, 15) is 5.11 Å². The second-order valence-corrected chi connectivity index (χ2v) is 5.34. The molecule has 19 heavy (non-hydrogen) atoms. The molecule has 3 heteroatoms. The zero-order valence-corrected chi connectivity index (χ0v) is 11.3. The zero-order chi connectivity index (χ0) is 13.2. The van der Waals surface area contributed by atoms with Crippen molar-refractivity contribution in [3.63, 3.8) is 0 Å². The molecular formula is C16H20N2O. The fourth-order valence-corrected chi connectivity index (χ4v) is 3.04. The van der Waals surface area contributed by atoms with Crippen LogP contribution in [0, 0.1) is 5.92 Å². The first kappa shape index (κ1) is 12.4. The molecule has 3 nitrogen and oxygen atoms in total. The zero-order valence-electron chi connectivity index (χ0n) is 11.3. The molecule has 0 bridgehead atoms. The monoisotopic (exact) mass is 256 g/mol. The first-order valence-corrected chi connectivity index (χ1v) is 7.02. The molecule has 0 aliphatic heterocycles. The van der Waals surface area contributed by atoms with Crippen LogP contribution in [0.3, 0.4) is 0 Å². The molecule has 0 radical (unpaired) electrons. The number of nitrogens with zero attached hydrogens (tertiary/aromatic N) is 2. The Morgan fingerprint density at radius 2 is 2.00 bits per heavy atom. The van der Waals surface area contributed by atoms with E-state index in [1.54, 1.807) is 0 Å². The molecule has 1 atom stereocenters. The van der Waals surface area contributed by atoms with Crippen molar-refractivity contribution in [1.82, 2.24) is 9.55 Å². The van der Waals surface area contributed by atoms with Crippen LogP contribution in [0.5, 0.6) is 0 Å². The van der Waals surface area contributed by atoms with Crippen molar-refractivity contribution in [2.75, 3.05) is 0 Å². The Hall–Kier alpha value is -1.61.